The van der Waals surface area contributed by atoms with E-state index in [4.69, 9.17) is 11.6 Å². The summed E-state index contributed by atoms with van der Waals surface area (Å²) in [5.74, 6) is 0.0554. The lowest BCUT2D eigenvalue weighted by atomic mass is 10.0. The van der Waals surface area contributed by atoms with E-state index in [1.807, 2.05) is 36.4 Å². The first-order valence-corrected chi connectivity index (χ1v) is 6.65. The van der Waals surface area contributed by atoms with Crippen LogP contribution in [0.15, 0.2) is 48.5 Å². The first-order valence-electron chi connectivity index (χ1n) is 5.48. The van der Waals surface area contributed by atoms with Crippen molar-refractivity contribution in [3.63, 3.8) is 0 Å². The monoisotopic (exact) mass is 318 g/mol. The van der Waals surface area contributed by atoms with Crippen LogP contribution in [0.2, 0.25) is 5.02 Å². The Morgan fingerprint density at radius 1 is 0.889 bits per heavy atom. The molecule has 0 aliphatic heterocycles. The number of ketones is 1. The molecule has 0 amide bonds. The number of Topliss-reactive ketones (excluding diaryl/α,β-unsaturated/α-hetero) is 1. The van der Waals surface area contributed by atoms with Gasteiger partial charge in [0.1, 0.15) is 0 Å². The van der Waals surface area contributed by atoms with Crippen LogP contribution < -0.4 is 0 Å². The molecule has 88 valence electrons. The molecule has 0 saturated carbocycles. The molecule has 18 heavy (non-hydrogen) atoms. The molecule has 0 unspecified atom stereocenters. The lowest BCUT2D eigenvalue weighted by Gasteiger charge is -2.02. The molecule has 2 aromatic carbocycles. The van der Waals surface area contributed by atoms with Gasteiger partial charge in [-0.25, -0.2) is 0 Å². The van der Waals surface area contributed by atoms with Crippen LogP contribution in [-0.4, -0.2) is 5.78 Å². The Kier molecular flexibility index (Phi) is 2.84. The molecule has 3 rings (SSSR count). The first-order chi connectivity index (χ1) is 8.68. The van der Waals surface area contributed by atoms with Crippen molar-refractivity contribution in [2.45, 2.75) is 0 Å². The van der Waals surface area contributed by atoms with Crippen LogP contribution in [0.3, 0.4) is 0 Å². The molecule has 0 bridgehead atoms. The minimum atomic E-state index is 0.0554. The minimum absolute atomic E-state index is 0.0554. The molecule has 0 atom stereocenters. The summed E-state index contributed by atoms with van der Waals surface area (Å²) in [6.45, 7) is 0. The molecule has 1 aliphatic rings. The summed E-state index contributed by atoms with van der Waals surface area (Å²) in [5, 5.41) is 0.665. The second-order valence-corrected chi connectivity index (χ2v) is 5.30. The van der Waals surface area contributed by atoms with Crippen LogP contribution in [0, 0.1) is 0 Å². The number of halogens is 2. The fourth-order valence-electron chi connectivity index (χ4n) is 2.12. The molecule has 0 aromatic heterocycles. The summed E-state index contributed by atoms with van der Waals surface area (Å²) in [7, 11) is 0. The van der Waals surface area contributed by atoms with Gasteiger partial charge in [0.2, 0.25) is 0 Å². The molecular formula is C15H8BrClO. The topological polar surface area (TPSA) is 17.1 Å². The quantitative estimate of drug-likeness (QED) is 0.738. The number of carbonyl (C=O) groups excluding carboxylic acids is 1. The highest BCUT2D eigenvalue weighted by Crippen LogP contribution is 2.41. The summed E-state index contributed by atoms with van der Waals surface area (Å²) in [5.41, 5.74) is 3.28. The first kappa shape index (κ1) is 11.7. The zero-order valence-corrected chi connectivity index (χ0v) is 11.6. The molecule has 0 fully saturated rings. The number of hydrogen-bond donors (Lipinski definition) is 0. The average molecular weight is 320 g/mol. The predicted octanol–water partition coefficient (Wildman–Crippen LogP) is 4.80. The number of allylic oxidation sites excluding steroid dienone is 1. The maximum Gasteiger partial charge on any atom is 0.195 e. The van der Waals surface area contributed by atoms with Crippen molar-refractivity contribution in [1.29, 1.82) is 0 Å². The van der Waals surface area contributed by atoms with Crippen molar-refractivity contribution >= 4 is 43.4 Å². The highest BCUT2D eigenvalue weighted by Gasteiger charge is 2.28. The van der Waals surface area contributed by atoms with Crippen LogP contribution in [0.1, 0.15) is 21.5 Å². The Morgan fingerprint density at radius 3 is 2.11 bits per heavy atom. The van der Waals surface area contributed by atoms with E-state index < -0.39 is 0 Å². The van der Waals surface area contributed by atoms with E-state index in [9.17, 15) is 4.79 Å². The summed E-state index contributed by atoms with van der Waals surface area (Å²) in [6, 6.07) is 14.9. The van der Waals surface area contributed by atoms with Crippen LogP contribution in [0.5, 0.6) is 0 Å². The predicted molar refractivity (Wildman–Crippen MR) is 78.0 cm³/mol. The number of hydrogen-bond acceptors (Lipinski definition) is 1. The smallest absolute Gasteiger partial charge is 0.195 e. The minimum Gasteiger partial charge on any atom is -0.289 e. The van der Waals surface area contributed by atoms with Gasteiger partial charge in [0.25, 0.3) is 0 Å². The molecule has 0 radical (unpaired) electrons. The largest absolute Gasteiger partial charge is 0.289 e. The van der Waals surface area contributed by atoms with Gasteiger partial charge in [-0.05, 0) is 33.6 Å². The fourth-order valence-corrected chi connectivity index (χ4v) is 3.00. The van der Waals surface area contributed by atoms with E-state index in [-0.39, 0.29) is 5.78 Å². The number of benzene rings is 2. The van der Waals surface area contributed by atoms with Gasteiger partial charge in [-0.3, -0.25) is 4.79 Å². The van der Waals surface area contributed by atoms with Gasteiger partial charge in [-0.1, -0.05) is 48.0 Å². The summed E-state index contributed by atoms with van der Waals surface area (Å²) < 4.78 is 0.852. The van der Waals surface area contributed by atoms with Gasteiger partial charge in [-0.2, -0.15) is 0 Å². The highest BCUT2D eigenvalue weighted by atomic mass is 79.9. The summed E-state index contributed by atoms with van der Waals surface area (Å²) in [4.78, 5) is 12.4. The van der Waals surface area contributed by atoms with Gasteiger partial charge in [0.15, 0.2) is 5.78 Å². The third-order valence-electron chi connectivity index (χ3n) is 2.99. The maximum absolute atomic E-state index is 12.4. The van der Waals surface area contributed by atoms with Crippen molar-refractivity contribution in [1.82, 2.24) is 0 Å². The summed E-state index contributed by atoms with van der Waals surface area (Å²) >= 11 is 9.39. The lowest BCUT2D eigenvalue weighted by Crippen LogP contribution is -1.97. The third kappa shape index (κ3) is 1.73. The Balaban J connectivity index is 2.18. The zero-order valence-electron chi connectivity index (χ0n) is 9.28. The molecule has 1 aliphatic carbocycles. The Bertz CT molecular complexity index is 671. The summed E-state index contributed by atoms with van der Waals surface area (Å²) in [6.07, 6.45) is 0. The standard InChI is InChI=1S/C15H8BrClO/c16-14-11-3-1-2-4-12(11)15(18)13(14)9-5-7-10(17)8-6-9/h1-8H. The Morgan fingerprint density at radius 2 is 1.50 bits per heavy atom. The van der Waals surface area contributed by atoms with E-state index >= 15 is 0 Å². The van der Waals surface area contributed by atoms with Crippen LogP contribution in [-0.2, 0) is 0 Å². The van der Waals surface area contributed by atoms with Crippen molar-refractivity contribution in [2.75, 3.05) is 0 Å². The number of rotatable bonds is 1. The highest BCUT2D eigenvalue weighted by molar-refractivity contribution is 9.15. The fraction of sp³-hybridized carbons (Fsp3) is 0. The molecule has 1 nitrogen and oxygen atoms in total. The van der Waals surface area contributed by atoms with Gasteiger partial charge < -0.3 is 0 Å². The number of carbonyl (C=O) groups is 1. The van der Waals surface area contributed by atoms with Crippen LogP contribution in [0.4, 0.5) is 0 Å². The Hall–Kier alpha value is -1.38. The van der Waals surface area contributed by atoms with E-state index in [0.29, 0.717) is 10.6 Å². The van der Waals surface area contributed by atoms with E-state index in [0.717, 1.165) is 21.2 Å². The molecular weight excluding hydrogens is 312 g/mol. The normalized spacial score (nSPS) is 14.0. The van der Waals surface area contributed by atoms with E-state index in [2.05, 4.69) is 15.9 Å². The van der Waals surface area contributed by atoms with Crippen molar-refractivity contribution in [3.05, 3.63) is 70.2 Å². The molecule has 0 heterocycles. The van der Waals surface area contributed by atoms with Crippen molar-refractivity contribution in [3.8, 4) is 0 Å². The van der Waals surface area contributed by atoms with E-state index in [1.54, 1.807) is 12.1 Å². The second kappa shape index (κ2) is 4.38. The van der Waals surface area contributed by atoms with Gasteiger partial charge in [-0.15, -0.1) is 0 Å². The number of fused-ring (bicyclic) bond motifs is 1. The molecule has 2 aromatic rings. The van der Waals surface area contributed by atoms with Crippen molar-refractivity contribution in [2.24, 2.45) is 0 Å². The average Bonchev–Trinajstić information content (AvgIpc) is 2.64. The maximum atomic E-state index is 12.4. The zero-order chi connectivity index (χ0) is 12.7. The van der Waals surface area contributed by atoms with Crippen molar-refractivity contribution < 1.29 is 4.79 Å². The third-order valence-corrected chi connectivity index (χ3v) is 4.06. The van der Waals surface area contributed by atoms with E-state index in [1.165, 1.54) is 0 Å². The lowest BCUT2D eigenvalue weighted by molar-refractivity contribution is 0.105. The van der Waals surface area contributed by atoms with Gasteiger partial charge in [0.05, 0.1) is 0 Å². The SMILES string of the molecule is O=C1C(c2ccc(Cl)cc2)=C(Br)c2ccccc21. The van der Waals surface area contributed by atoms with Crippen LogP contribution >= 0.6 is 27.5 Å². The van der Waals surface area contributed by atoms with Gasteiger partial charge >= 0.3 is 0 Å². The molecule has 0 N–H and O–H groups in total. The molecule has 3 heteroatoms. The Labute approximate surface area is 118 Å². The molecule has 0 spiro atoms. The van der Waals surface area contributed by atoms with Gasteiger partial charge in [0, 0.05) is 26.2 Å². The molecule has 0 saturated heterocycles. The van der Waals surface area contributed by atoms with Crippen LogP contribution in [0.25, 0.3) is 10.1 Å². The second-order valence-electron chi connectivity index (χ2n) is 4.07.